The zero-order valence-corrected chi connectivity index (χ0v) is 13.4. The van der Waals surface area contributed by atoms with Crippen molar-refractivity contribution in [3.8, 4) is 0 Å². The Morgan fingerprint density at radius 2 is 1.94 bits per heavy atom. The van der Waals surface area contributed by atoms with Crippen molar-refractivity contribution in [2.24, 2.45) is 10.3 Å². The smallest absolute Gasteiger partial charge is 0.104 e. The molecule has 0 saturated heterocycles. The minimum atomic E-state index is 0.881. The van der Waals surface area contributed by atoms with Crippen molar-refractivity contribution in [3.63, 3.8) is 0 Å². The zero-order valence-electron chi connectivity index (χ0n) is 9.67. The molecule has 1 aromatic rings. The first-order valence-corrected chi connectivity index (χ1v) is 7.07. The molecule has 0 heterocycles. The molecule has 16 heavy (non-hydrogen) atoms. The molecule has 0 atom stereocenters. The Morgan fingerprint density at radius 1 is 1.31 bits per heavy atom. The van der Waals surface area contributed by atoms with E-state index in [-0.39, 0.29) is 0 Å². The first-order valence-electron chi connectivity index (χ1n) is 5.20. The second-order valence-electron chi connectivity index (χ2n) is 3.38. The van der Waals surface area contributed by atoms with E-state index in [4.69, 9.17) is 0 Å². The van der Waals surface area contributed by atoms with Crippen LogP contribution < -0.4 is 0 Å². The van der Waals surface area contributed by atoms with Crippen LogP contribution in [0.1, 0.15) is 19.4 Å². The Kier molecular flexibility index (Phi) is 5.68. The fourth-order valence-electron chi connectivity index (χ4n) is 1.28. The van der Waals surface area contributed by atoms with Crippen LogP contribution in [0.15, 0.2) is 26.9 Å². The third-order valence-corrected chi connectivity index (χ3v) is 3.50. The van der Waals surface area contributed by atoms with Crippen molar-refractivity contribution >= 4 is 44.2 Å². The van der Waals surface area contributed by atoms with Crippen LogP contribution in [0.3, 0.4) is 0 Å². The quantitative estimate of drug-likeness (QED) is 0.412. The van der Waals surface area contributed by atoms with Crippen molar-refractivity contribution in [2.75, 3.05) is 13.1 Å². The van der Waals surface area contributed by atoms with E-state index >= 15 is 0 Å². The molecule has 0 spiro atoms. The van der Waals surface area contributed by atoms with Crippen molar-refractivity contribution in [1.29, 1.82) is 0 Å². The molecule has 0 aromatic heterocycles. The summed E-state index contributed by atoms with van der Waals surface area (Å²) in [5.74, 6) is 0. The molecular weight excluding hydrogens is 381 g/mol. The van der Waals surface area contributed by atoms with Gasteiger partial charge in [0, 0.05) is 21.1 Å². The number of nitrogens with zero attached hydrogens (tertiary/aromatic N) is 3. The lowest BCUT2D eigenvalue weighted by Crippen LogP contribution is -2.14. The molecule has 0 fully saturated rings. The van der Waals surface area contributed by atoms with Crippen LogP contribution in [0.5, 0.6) is 0 Å². The third kappa shape index (κ3) is 3.69. The Bertz CT molecular complexity index is 366. The number of rotatable bonds is 4. The molecule has 0 aliphatic carbocycles. The van der Waals surface area contributed by atoms with Gasteiger partial charge in [-0.1, -0.05) is 21.2 Å². The number of aryl methyl sites for hydroxylation is 1. The summed E-state index contributed by atoms with van der Waals surface area (Å²) in [6, 6.07) is 4.10. The van der Waals surface area contributed by atoms with Crippen LogP contribution in [0, 0.1) is 10.5 Å². The van der Waals surface area contributed by atoms with Crippen LogP contribution >= 0.6 is 38.5 Å². The molecular formula is C11H15BrIN3. The second-order valence-corrected chi connectivity index (χ2v) is 5.46. The predicted molar refractivity (Wildman–Crippen MR) is 79.0 cm³/mol. The third-order valence-electron chi connectivity index (χ3n) is 2.22. The van der Waals surface area contributed by atoms with Crippen molar-refractivity contribution in [1.82, 2.24) is 5.01 Å². The maximum absolute atomic E-state index is 4.31. The maximum Gasteiger partial charge on any atom is 0.104 e. The van der Waals surface area contributed by atoms with Crippen molar-refractivity contribution in [3.05, 3.63) is 25.7 Å². The molecule has 0 aliphatic rings. The van der Waals surface area contributed by atoms with Gasteiger partial charge in [-0.15, -0.1) is 5.11 Å². The van der Waals surface area contributed by atoms with E-state index in [2.05, 4.69) is 68.8 Å². The molecule has 0 N–H and O–H groups in total. The van der Waals surface area contributed by atoms with Gasteiger partial charge in [-0.25, -0.2) is 0 Å². The molecule has 3 nitrogen and oxygen atoms in total. The molecule has 1 aromatic carbocycles. The summed E-state index contributed by atoms with van der Waals surface area (Å²) in [6.07, 6.45) is 0. The lowest BCUT2D eigenvalue weighted by Gasteiger charge is -2.12. The van der Waals surface area contributed by atoms with Gasteiger partial charge in [-0.2, -0.15) is 0 Å². The van der Waals surface area contributed by atoms with Gasteiger partial charge in [-0.3, -0.25) is 5.01 Å². The van der Waals surface area contributed by atoms with E-state index in [1.165, 1.54) is 0 Å². The molecule has 5 heteroatoms. The predicted octanol–water partition coefficient (Wildman–Crippen LogP) is 4.70. The first kappa shape index (κ1) is 13.9. The number of hydrogen-bond acceptors (Lipinski definition) is 2. The average Bonchev–Trinajstić information content (AvgIpc) is 2.22. The number of halogens is 2. The molecule has 0 unspecified atom stereocenters. The van der Waals surface area contributed by atoms with Gasteiger partial charge >= 0.3 is 0 Å². The van der Waals surface area contributed by atoms with Crippen LogP contribution in [0.2, 0.25) is 0 Å². The topological polar surface area (TPSA) is 28.0 Å². The largest absolute Gasteiger partial charge is 0.279 e. The number of benzene rings is 1. The summed E-state index contributed by atoms with van der Waals surface area (Å²) in [6.45, 7) is 7.95. The van der Waals surface area contributed by atoms with Gasteiger partial charge in [-0.05, 0) is 61.1 Å². The molecule has 0 aliphatic heterocycles. The van der Waals surface area contributed by atoms with Gasteiger partial charge in [0.05, 0.1) is 0 Å². The number of hydrogen-bond donors (Lipinski definition) is 0. The summed E-state index contributed by atoms with van der Waals surface area (Å²) in [5, 5.41) is 10.5. The van der Waals surface area contributed by atoms with E-state index in [1.54, 1.807) is 0 Å². The first-order chi connectivity index (χ1) is 7.58. The molecule has 0 amide bonds. The monoisotopic (exact) mass is 395 g/mol. The standard InChI is InChI=1S/C11H15BrIN3/c1-4-16(5-2)15-14-11-8(3)6-9(12)7-10(11)13/h6-7H,4-5H2,1-3H3/b15-14+. The summed E-state index contributed by atoms with van der Waals surface area (Å²) < 4.78 is 2.19. The highest BCUT2D eigenvalue weighted by Crippen LogP contribution is 2.29. The van der Waals surface area contributed by atoms with Crippen molar-refractivity contribution in [2.45, 2.75) is 20.8 Å². The van der Waals surface area contributed by atoms with Crippen LogP contribution in [-0.2, 0) is 0 Å². The van der Waals surface area contributed by atoms with Crippen LogP contribution in [0.25, 0.3) is 0 Å². The van der Waals surface area contributed by atoms with Crippen LogP contribution in [0.4, 0.5) is 5.69 Å². The van der Waals surface area contributed by atoms with Crippen molar-refractivity contribution < 1.29 is 0 Å². The van der Waals surface area contributed by atoms with E-state index in [9.17, 15) is 0 Å². The Labute approximate surface area is 119 Å². The maximum atomic E-state index is 4.31. The molecule has 1 rings (SSSR count). The Hall–Kier alpha value is -0.170. The molecule has 88 valence electrons. The SMILES string of the molecule is CCN(CC)/N=N/c1c(C)cc(Br)cc1I. The molecule has 0 saturated carbocycles. The summed E-state index contributed by atoms with van der Waals surface area (Å²) in [5.41, 5.74) is 2.09. The molecule has 0 bridgehead atoms. The second kappa shape index (κ2) is 6.54. The van der Waals surface area contributed by atoms with E-state index < -0.39 is 0 Å². The Morgan fingerprint density at radius 3 is 2.44 bits per heavy atom. The van der Waals surface area contributed by atoms with Gasteiger partial charge in [0.15, 0.2) is 0 Å². The van der Waals surface area contributed by atoms with E-state index in [1.807, 2.05) is 18.0 Å². The lowest BCUT2D eigenvalue weighted by atomic mass is 10.2. The minimum absolute atomic E-state index is 0.881. The summed E-state index contributed by atoms with van der Waals surface area (Å²) >= 11 is 5.75. The highest BCUT2D eigenvalue weighted by molar-refractivity contribution is 14.1. The van der Waals surface area contributed by atoms with E-state index in [0.717, 1.165) is 32.4 Å². The summed E-state index contributed by atoms with van der Waals surface area (Å²) in [4.78, 5) is 0. The van der Waals surface area contributed by atoms with Gasteiger partial charge in [0.25, 0.3) is 0 Å². The fourth-order valence-corrected chi connectivity index (χ4v) is 3.15. The van der Waals surface area contributed by atoms with Crippen LogP contribution in [-0.4, -0.2) is 18.1 Å². The average molecular weight is 396 g/mol. The fraction of sp³-hybridized carbons (Fsp3) is 0.455. The van der Waals surface area contributed by atoms with Gasteiger partial charge in [0.2, 0.25) is 0 Å². The lowest BCUT2D eigenvalue weighted by molar-refractivity contribution is 0.300. The van der Waals surface area contributed by atoms with E-state index in [0.29, 0.717) is 0 Å². The Balaban J connectivity index is 2.97. The zero-order chi connectivity index (χ0) is 12.1. The molecule has 0 radical (unpaired) electrons. The highest BCUT2D eigenvalue weighted by atomic mass is 127. The van der Waals surface area contributed by atoms with Gasteiger partial charge in [0.1, 0.15) is 5.69 Å². The minimum Gasteiger partial charge on any atom is -0.279 e. The normalized spacial score (nSPS) is 11.1. The summed E-state index contributed by atoms with van der Waals surface area (Å²) in [7, 11) is 0. The van der Waals surface area contributed by atoms with Gasteiger partial charge < -0.3 is 0 Å². The highest BCUT2D eigenvalue weighted by Gasteiger charge is 2.04.